The number of benzene rings is 2. The Balaban J connectivity index is 2.52. The fourth-order valence-electron chi connectivity index (χ4n) is 5.15. The largest absolute Gasteiger partial charge is 0.458 e. The molecule has 0 aliphatic carbocycles. The smallest absolute Gasteiger partial charge is 0.408 e. The van der Waals surface area contributed by atoms with E-state index in [2.05, 4.69) is 17.6 Å². The molecule has 3 amide bonds. The first-order valence-corrected chi connectivity index (χ1v) is 16.4. The zero-order valence-electron chi connectivity index (χ0n) is 29.3. The fraction of sp³-hybridized carbons (Fsp3) is 0.568. The minimum atomic E-state index is -1.06. The summed E-state index contributed by atoms with van der Waals surface area (Å²) in [5.41, 5.74) is 1.84. The second-order valence-electron chi connectivity index (χ2n) is 14.0. The highest BCUT2D eigenvalue weighted by atomic mass is 16.6. The quantitative estimate of drug-likeness (QED) is 0.165. The van der Waals surface area contributed by atoms with Crippen LogP contribution in [-0.2, 0) is 30.3 Å². The van der Waals surface area contributed by atoms with E-state index in [4.69, 9.17) is 9.47 Å². The molecule has 0 spiro atoms. The SMILES string of the molecule is CCCCCCCN(C(=O)CNC(=O)OC(C)(C)C)C(C(=O)NC(Cc1ccccc1)C(=O)OC(C)(C)C)c1cc(C)cc(C)c1. The summed E-state index contributed by atoms with van der Waals surface area (Å²) in [6.45, 7) is 16.5. The summed E-state index contributed by atoms with van der Waals surface area (Å²) in [6.07, 6.45) is 4.21. The number of carbonyl (C=O) groups is 4. The van der Waals surface area contributed by atoms with E-state index in [-0.39, 0.29) is 13.0 Å². The maximum atomic E-state index is 14.4. The van der Waals surface area contributed by atoms with Gasteiger partial charge in [-0.2, -0.15) is 0 Å². The van der Waals surface area contributed by atoms with Crippen molar-refractivity contribution in [2.24, 2.45) is 0 Å². The van der Waals surface area contributed by atoms with Crippen LogP contribution in [0.3, 0.4) is 0 Å². The molecule has 2 rings (SSSR count). The number of unbranched alkanes of at least 4 members (excludes halogenated alkanes) is 4. The van der Waals surface area contributed by atoms with Gasteiger partial charge in [0, 0.05) is 13.0 Å². The molecule has 0 aliphatic heterocycles. The van der Waals surface area contributed by atoms with Crippen molar-refractivity contribution >= 4 is 23.9 Å². The third-order valence-electron chi connectivity index (χ3n) is 7.02. The van der Waals surface area contributed by atoms with Crippen molar-refractivity contribution in [2.75, 3.05) is 13.1 Å². The molecular formula is C37H55N3O6. The Morgan fingerprint density at radius 3 is 1.96 bits per heavy atom. The summed E-state index contributed by atoms with van der Waals surface area (Å²) in [4.78, 5) is 55.7. The van der Waals surface area contributed by atoms with Gasteiger partial charge in [-0.15, -0.1) is 0 Å². The van der Waals surface area contributed by atoms with Gasteiger partial charge >= 0.3 is 12.1 Å². The van der Waals surface area contributed by atoms with Crippen LogP contribution in [0.5, 0.6) is 0 Å². The first-order chi connectivity index (χ1) is 21.5. The Morgan fingerprint density at radius 2 is 1.39 bits per heavy atom. The van der Waals surface area contributed by atoms with Gasteiger partial charge in [0.1, 0.15) is 29.8 Å². The van der Waals surface area contributed by atoms with Crippen LogP contribution < -0.4 is 10.6 Å². The first-order valence-electron chi connectivity index (χ1n) is 16.4. The predicted octanol–water partition coefficient (Wildman–Crippen LogP) is 6.74. The average molecular weight is 638 g/mol. The Morgan fingerprint density at radius 1 is 0.804 bits per heavy atom. The van der Waals surface area contributed by atoms with Crippen LogP contribution in [0, 0.1) is 13.8 Å². The summed E-state index contributed by atoms with van der Waals surface area (Å²) in [6, 6.07) is 13.1. The predicted molar refractivity (Wildman–Crippen MR) is 181 cm³/mol. The maximum absolute atomic E-state index is 14.4. The van der Waals surface area contributed by atoms with Crippen molar-refractivity contribution in [1.82, 2.24) is 15.5 Å². The minimum absolute atomic E-state index is 0.215. The lowest BCUT2D eigenvalue weighted by Crippen LogP contribution is -2.52. The molecule has 2 N–H and O–H groups in total. The zero-order valence-corrected chi connectivity index (χ0v) is 29.3. The summed E-state index contributed by atoms with van der Waals surface area (Å²) in [5, 5.41) is 5.51. The van der Waals surface area contributed by atoms with Gasteiger partial charge < -0.3 is 25.0 Å². The third-order valence-corrected chi connectivity index (χ3v) is 7.02. The number of hydrogen-bond donors (Lipinski definition) is 2. The Bertz CT molecular complexity index is 1280. The molecule has 9 heteroatoms. The van der Waals surface area contributed by atoms with Crippen LogP contribution in [0.25, 0.3) is 0 Å². The molecule has 2 atom stereocenters. The molecule has 254 valence electrons. The van der Waals surface area contributed by atoms with Crippen LogP contribution in [0.4, 0.5) is 4.79 Å². The highest BCUT2D eigenvalue weighted by Gasteiger charge is 2.35. The molecule has 0 radical (unpaired) electrons. The molecule has 2 aromatic rings. The van der Waals surface area contributed by atoms with Crippen molar-refractivity contribution in [2.45, 2.75) is 124 Å². The van der Waals surface area contributed by atoms with Crippen molar-refractivity contribution < 1.29 is 28.7 Å². The van der Waals surface area contributed by atoms with Crippen LogP contribution in [0.2, 0.25) is 0 Å². The van der Waals surface area contributed by atoms with Gasteiger partial charge in [0.15, 0.2) is 0 Å². The number of carbonyl (C=O) groups excluding carboxylic acids is 4. The van der Waals surface area contributed by atoms with E-state index < -0.39 is 47.2 Å². The topological polar surface area (TPSA) is 114 Å². The number of aryl methyl sites for hydroxylation is 2. The van der Waals surface area contributed by atoms with Gasteiger partial charge in [0.2, 0.25) is 11.8 Å². The summed E-state index contributed by atoms with van der Waals surface area (Å²) in [7, 11) is 0. The Hall–Kier alpha value is -3.88. The van der Waals surface area contributed by atoms with E-state index in [1.807, 2.05) is 62.4 Å². The summed E-state index contributed by atoms with van der Waals surface area (Å²) < 4.78 is 11.1. The maximum Gasteiger partial charge on any atom is 0.408 e. The highest BCUT2D eigenvalue weighted by Crippen LogP contribution is 2.26. The van der Waals surface area contributed by atoms with Crippen LogP contribution in [0.15, 0.2) is 48.5 Å². The van der Waals surface area contributed by atoms with E-state index >= 15 is 0 Å². The van der Waals surface area contributed by atoms with Crippen molar-refractivity contribution in [1.29, 1.82) is 0 Å². The highest BCUT2D eigenvalue weighted by molar-refractivity contribution is 5.93. The first kappa shape index (κ1) is 38.3. The lowest BCUT2D eigenvalue weighted by molar-refractivity contribution is -0.159. The Kier molecular flexibility index (Phi) is 14.8. The van der Waals surface area contributed by atoms with Gasteiger partial charge in [-0.1, -0.05) is 92.3 Å². The fourth-order valence-corrected chi connectivity index (χ4v) is 5.15. The zero-order chi connectivity index (χ0) is 34.5. The number of ether oxygens (including phenoxy) is 2. The summed E-state index contributed by atoms with van der Waals surface area (Å²) >= 11 is 0. The number of esters is 1. The number of nitrogens with zero attached hydrogens (tertiary/aromatic N) is 1. The van der Waals surface area contributed by atoms with Gasteiger partial charge in [-0.3, -0.25) is 9.59 Å². The van der Waals surface area contributed by atoms with Crippen LogP contribution >= 0.6 is 0 Å². The molecule has 46 heavy (non-hydrogen) atoms. The van der Waals surface area contributed by atoms with Crippen molar-refractivity contribution in [3.63, 3.8) is 0 Å². The molecule has 9 nitrogen and oxygen atoms in total. The standard InChI is InChI=1S/C37H55N3O6/c1-10-11-12-13-17-20-40(31(41)25-38-35(44)46-37(7,8)9)32(29-22-26(2)21-27(3)23-29)33(42)39-30(34(43)45-36(4,5)6)24-28-18-15-14-16-19-28/h14-16,18-19,21-23,30,32H,10-13,17,20,24-25H2,1-9H3,(H,38,44)(H,39,42). The molecule has 0 fully saturated rings. The van der Waals surface area contributed by atoms with Crippen LogP contribution in [-0.4, -0.2) is 59.1 Å². The van der Waals surface area contributed by atoms with E-state index in [0.29, 0.717) is 18.5 Å². The second-order valence-corrected chi connectivity index (χ2v) is 14.0. The van der Waals surface area contributed by atoms with E-state index in [0.717, 1.165) is 42.4 Å². The number of alkyl carbamates (subject to hydrolysis) is 1. The molecule has 0 heterocycles. The number of rotatable bonds is 15. The summed E-state index contributed by atoms with van der Waals surface area (Å²) in [5.74, 6) is -1.50. The lowest BCUT2D eigenvalue weighted by Gasteiger charge is -2.33. The molecular weight excluding hydrogens is 582 g/mol. The van der Waals surface area contributed by atoms with Crippen molar-refractivity contribution in [3.05, 3.63) is 70.8 Å². The van der Waals surface area contributed by atoms with E-state index in [1.165, 1.54) is 4.90 Å². The van der Waals surface area contributed by atoms with Gasteiger partial charge in [-0.25, -0.2) is 9.59 Å². The van der Waals surface area contributed by atoms with Crippen LogP contribution in [0.1, 0.15) is 109 Å². The monoisotopic (exact) mass is 637 g/mol. The molecule has 2 aromatic carbocycles. The van der Waals surface area contributed by atoms with Gasteiger partial charge in [0.05, 0.1) is 0 Å². The second kappa shape index (κ2) is 17.7. The number of amides is 3. The van der Waals surface area contributed by atoms with Gasteiger partial charge in [0.25, 0.3) is 0 Å². The Labute approximate surface area is 275 Å². The number of hydrogen-bond acceptors (Lipinski definition) is 6. The van der Waals surface area contributed by atoms with Gasteiger partial charge in [-0.05, 0) is 72.9 Å². The third kappa shape index (κ3) is 14.0. The number of nitrogens with one attached hydrogen (secondary N) is 2. The average Bonchev–Trinajstić information content (AvgIpc) is 2.93. The molecule has 0 saturated carbocycles. The molecule has 0 aromatic heterocycles. The minimum Gasteiger partial charge on any atom is -0.458 e. The molecule has 0 bridgehead atoms. The molecule has 0 saturated heterocycles. The normalized spacial score (nSPS) is 12.9. The van der Waals surface area contributed by atoms with E-state index in [9.17, 15) is 19.2 Å². The molecule has 0 aliphatic rings. The lowest BCUT2D eigenvalue weighted by atomic mass is 9.97. The molecule has 2 unspecified atom stereocenters. The van der Waals surface area contributed by atoms with Crippen molar-refractivity contribution in [3.8, 4) is 0 Å². The van der Waals surface area contributed by atoms with E-state index in [1.54, 1.807) is 41.5 Å².